The van der Waals surface area contributed by atoms with Crippen LogP contribution in [0.3, 0.4) is 0 Å². The van der Waals surface area contributed by atoms with E-state index in [1.807, 2.05) is 0 Å². The molecule has 0 radical (unpaired) electrons. The highest BCUT2D eigenvalue weighted by atomic mass is 16.6. The van der Waals surface area contributed by atoms with E-state index in [0.717, 1.165) is 49.0 Å². The van der Waals surface area contributed by atoms with Gasteiger partial charge in [-0.05, 0) is 87.4 Å². The number of hydrogen-bond acceptors (Lipinski definition) is 2. The summed E-state index contributed by atoms with van der Waals surface area (Å²) in [5.41, 5.74) is 0.803. The monoisotopic (exact) mass is 290 g/mol. The van der Waals surface area contributed by atoms with Crippen LogP contribution in [-0.2, 0) is 4.74 Å². The first-order chi connectivity index (χ1) is 10.1. The molecule has 0 aromatic rings. The topological polar surface area (TPSA) is 32.8 Å². The summed E-state index contributed by atoms with van der Waals surface area (Å²) in [5, 5.41) is 10.00. The minimum absolute atomic E-state index is 0.00581. The molecule has 0 aromatic carbocycles. The first-order valence-corrected chi connectivity index (χ1v) is 9.43. The summed E-state index contributed by atoms with van der Waals surface area (Å²) in [6.45, 7) is 3.61. The van der Waals surface area contributed by atoms with Crippen molar-refractivity contribution in [1.29, 1.82) is 0 Å². The Kier molecular flexibility index (Phi) is 2.71. The van der Waals surface area contributed by atoms with Crippen LogP contribution in [-0.4, -0.2) is 23.4 Å². The van der Waals surface area contributed by atoms with Gasteiger partial charge in [-0.3, -0.25) is 0 Å². The number of aliphatic hydroxyl groups excluding tert-OH is 1. The molecule has 1 N–H and O–H groups in total. The first-order valence-electron chi connectivity index (χ1n) is 9.43. The van der Waals surface area contributed by atoms with Gasteiger partial charge in [0.2, 0.25) is 0 Å². The fourth-order valence-corrected chi connectivity index (χ4v) is 7.32. The van der Waals surface area contributed by atoms with Crippen LogP contribution in [0.25, 0.3) is 0 Å². The van der Waals surface area contributed by atoms with E-state index in [9.17, 15) is 5.11 Å². The lowest BCUT2D eigenvalue weighted by molar-refractivity contribution is -0.0719. The van der Waals surface area contributed by atoms with Crippen LogP contribution < -0.4 is 0 Å². The molecule has 4 saturated carbocycles. The second-order valence-corrected chi connectivity index (χ2v) is 9.27. The maximum atomic E-state index is 10.00. The van der Waals surface area contributed by atoms with E-state index in [1.54, 1.807) is 0 Å². The third-order valence-corrected chi connectivity index (χ3v) is 8.65. The third kappa shape index (κ3) is 1.72. The van der Waals surface area contributed by atoms with Crippen molar-refractivity contribution in [3.63, 3.8) is 0 Å². The van der Waals surface area contributed by atoms with Gasteiger partial charge in [0, 0.05) is 5.41 Å². The van der Waals surface area contributed by atoms with E-state index >= 15 is 0 Å². The standard InChI is InChI=1S/C19H30O2/c1-18-10-13-3-2-12-8-15(20)4-5-16(12)17(13)9-14(18)6-7-19(18)11-21-19/h12-17,20H,2-11H2,1H3/t12-,13-,14?,15?,16-,17?,18+,19-/m0/s1. The van der Waals surface area contributed by atoms with Gasteiger partial charge < -0.3 is 9.84 Å². The van der Waals surface area contributed by atoms with Gasteiger partial charge in [-0.1, -0.05) is 6.92 Å². The molecule has 2 heteroatoms. The van der Waals surface area contributed by atoms with E-state index in [2.05, 4.69) is 6.92 Å². The van der Waals surface area contributed by atoms with Gasteiger partial charge in [0.05, 0.1) is 18.3 Å². The van der Waals surface area contributed by atoms with Gasteiger partial charge in [0.15, 0.2) is 0 Å². The lowest BCUT2D eigenvalue weighted by atomic mass is 9.50. The van der Waals surface area contributed by atoms with Crippen LogP contribution in [0.2, 0.25) is 0 Å². The van der Waals surface area contributed by atoms with Crippen LogP contribution >= 0.6 is 0 Å². The number of ether oxygens (including phenoxy) is 1. The zero-order chi connectivity index (χ0) is 14.2. The molecule has 5 rings (SSSR count). The molecule has 118 valence electrons. The van der Waals surface area contributed by atoms with E-state index in [0.29, 0.717) is 11.0 Å². The predicted molar refractivity (Wildman–Crippen MR) is 81.8 cm³/mol. The summed E-state index contributed by atoms with van der Waals surface area (Å²) in [6, 6.07) is 0. The molecule has 4 aliphatic carbocycles. The van der Waals surface area contributed by atoms with Crippen molar-refractivity contribution < 1.29 is 9.84 Å². The van der Waals surface area contributed by atoms with Crippen LogP contribution in [0.15, 0.2) is 0 Å². The molecular formula is C19H30O2. The molecule has 1 aliphatic heterocycles. The Morgan fingerprint density at radius 1 is 0.952 bits per heavy atom. The first kappa shape index (κ1) is 13.4. The summed E-state index contributed by atoms with van der Waals surface area (Å²) in [4.78, 5) is 0. The zero-order valence-electron chi connectivity index (χ0n) is 13.4. The molecule has 1 saturated heterocycles. The highest BCUT2D eigenvalue weighted by molar-refractivity contribution is 5.16. The summed E-state index contributed by atoms with van der Waals surface area (Å²) in [7, 11) is 0. The molecule has 1 spiro atoms. The van der Waals surface area contributed by atoms with Gasteiger partial charge in [0.25, 0.3) is 0 Å². The Labute approximate surface area is 128 Å². The molecule has 3 unspecified atom stereocenters. The molecule has 8 atom stereocenters. The van der Waals surface area contributed by atoms with Gasteiger partial charge in [-0.15, -0.1) is 0 Å². The summed E-state index contributed by atoms with van der Waals surface area (Å²) in [6.07, 6.45) is 12.0. The Hall–Kier alpha value is -0.0800. The predicted octanol–water partition coefficient (Wildman–Crippen LogP) is 3.77. The van der Waals surface area contributed by atoms with Crippen LogP contribution in [0.4, 0.5) is 0 Å². The molecule has 2 nitrogen and oxygen atoms in total. The Bertz CT molecular complexity index is 443. The molecule has 0 aromatic heterocycles. The minimum Gasteiger partial charge on any atom is -0.393 e. The van der Waals surface area contributed by atoms with Crippen molar-refractivity contribution >= 4 is 0 Å². The van der Waals surface area contributed by atoms with Crippen molar-refractivity contribution in [2.24, 2.45) is 35.0 Å². The summed E-state index contributed by atoms with van der Waals surface area (Å²) >= 11 is 0. The quantitative estimate of drug-likeness (QED) is 0.689. The maximum Gasteiger partial charge on any atom is 0.0972 e. The fourth-order valence-electron chi connectivity index (χ4n) is 7.32. The van der Waals surface area contributed by atoms with E-state index in [-0.39, 0.29) is 6.10 Å². The molecule has 5 fully saturated rings. The SMILES string of the molecule is C[C@@]12C[C@@H]3CC[C@H]4CC(O)CC[C@@H]4C3CC1CC[C@]21CO1. The van der Waals surface area contributed by atoms with Crippen molar-refractivity contribution in [3.05, 3.63) is 0 Å². The lowest BCUT2D eigenvalue weighted by Crippen LogP contribution is -2.49. The minimum atomic E-state index is 0.00581. The maximum absolute atomic E-state index is 10.00. The van der Waals surface area contributed by atoms with Gasteiger partial charge in [0.1, 0.15) is 0 Å². The van der Waals surface area contributed by atoms with Gasteiger partial charge >= 0.3 is 0 Å². The molecule has 1 heterocycles. The summed E-state index contributed by atoms with van der Waals surface area (Å²) in [5.74, 6) is 4.64. The number of rotatable bonds is 0. The third-order valence-electron chi connectivity index (χ3n) is 8.65. The largest absolute Gasteiger partial charge is 0.393 e. The van der Waals surface area contributed by atoms with E-state index in [4.69, 9.17) is 4.74 Å². The van der Waals surface area contributed by atoms with Crippen LogP contribution in [0.1, 0.15) is 64.7 Å². The number of aliphatic hydroxyl groups is 1. The summed E-state index contributed by atoms with van der Waals surface area (Å²) < 4.78 is 6.00. The molecular weight excluding hydrogens is 260 g/mol. The van der Waals surface area contributed by atoms with Gasteiger partial charge in [-0.25, -0.2) is 0 Å². The molecule has 0 bridgehead atoms. The Morgan fingerprint density at radius 2 is 1.76 bits per heavy atom. The highest BCUT2D eigenvalue weighted by Crippen LogP contribution is 2.68. The smallest absolute Gasteiger partial charge is 0.0972 e. The van der Waals surface area contributed by atoms with Crippen LogP contribution in [0, 0.1) is 35.0 Å². The van der Waals surface area contributed by atoms with E-state index < -0.39 is 0 Å². The Morgan fingerprint density at radius 3 is 2.57 bits per heavy atom. The zero-order valence-corrected chi connectivity index (χ0v) is 13.4. The lowest BCUT2D eigenvalue weighted by Gasteiger charge is -2.55. The average molecular weight is 290 g/mol. The fraction of sp³-hybridized carbons (Fsp3) is 1.00. The normalized spacial score (nSPS) is 62.0. The number of hydrogen-bond donors (Lipinski definition) is 1. The van der Waals surface area contributed by atoms with Crippen molar-refractivity contribution in [3.8, 4) is 0 Å². The van der Waals surface area contributed by atoms with Crippen molar-refractivity contribution in [2.75, 3.05) is 6.61 Å². The highest BCUT2D eigenvalue weighted by Gasteiger charge is 2.68. The van der Waals surface area contributed by atoms with Crippen LogP contribution in [0.5, 0.6) is 0 Å². The second kappa shape index (κ2) is 4.26. The van der Waals surface area contributed by atoms with Crippen molar-refractivity contribution in [1.82, 2.24) is 0 Å². The number of fused-ring (bicyclic) bond motifs is 5. The van der Waals surface area contributed by atoms with Gasteiger partial charge in [-0.2, -0.15) is 0 Å². The van der Waals surface area contributed by atoms with Crippen molar-refractivity contribution in [2.45, 2.75) is 76.4 Å². The van der Waals surface area contributed by atoms with E-state index in [1.165, 1.54) is 44.9 Å². The average Bonchev–Trinajstić information content (AvgIpc) is 3.20. The number of epoxide rings is 1. The molecule has 0 amide bonds. The second-order valence-electron chi connectivity index (χ2n) is 9.27. The Balaban J connectivity index is 1.40. The molecule has 21 heavy (non-hydrogen) atoms. The molecule has 5 aliphatic rings.